The quantitative estimate of drug-likeness (QED) is 0.391. The van der Waals surface area contributed by atoms with Crippen LogP contribution in [0.4, 0.5) is 17.3 Å². The number of rotatable bonds is 6. The fourth-order valence-corrected chi connectivity index (χ4v) is 3.86. The molecule has 0 radical (unpaired) electrons. The van der Waals surface area contributed by atoms with Gasteiger partial charge in [-0.2, -0.15) is 0 Å². The summed E-state index contributed by atoms with van der Waals surface area (Å²) in [6.07, 6.45) is 6.32. The van der Waals surface area contributed by atoms with Crippen LogP contribution >= 0.6 is 11.6 Å². The summed E-state index contributed by atoms with van der Waals surface area (Å²) in [7, 11) is 0. The number of ether oxygens (including phenoxy) is 1. The molecule has 1 amide bonds. The second kappa shape index (κ2) is 9.26. The molecule has 0 saturated carbocycles. The first-order chi connectivity index (χ1) is 16.2. The van der Waals surface area contributed by atoms with Gasteiger partial charge in [-0.05, 0) is 36.8 Å². The molecule has 8 heteroatoms. The van der Waals surface area contributed by atoms with E-state index in [9.17, 15) is 4.79 Å². The summed E-state index contributed by atoms with van der Waals surface area (Å²) < 4.78 is 5.93. The summed E-state index contributed by atoms with van der Waals surface area (Å²) in [5.41, 5.74) is 2.81. The average Bonchev–Trinajstić information content (AvgIpc) is 3.27. The highest BCUT2D eigenvalue weighted by atomic mass is 35.5. The minimum absolute atomic E-state index is 0.108. The third kappa shape index (κ3) is 4.78. The third-order valence-electron chi connectivity index (χ3n) is 5.20. The van der Waals surface area contributed by atoms with Crippen LogP contribution in [0.1, 0.15) is 12.8 Å². The number of para-hydroxylation sites is 1. The van der Waals surface area contributed by atoms with Crippen molar-refractivity contribution in [1.29, 1.82) is 0 Å². The fraction of sp³-hybridized carbons (Fsp3) is 0.120. The van der Waals surface area contributed by atoms with Gasteiger partial charge in [0.05, 0.1) is 40.7 Å². The maximum Gasteiger partial charge on any atom is 0.227 e. The van der Waals surface area contributed by atoms with E-state index in [-0.39, 0.29) is 5.91 Å². The Morgan fingerprint density at radius 3 is 2.64 bits per heavy atom. The van der Waals surface area contributed by atoms with Gasteiger partial charge in [0.25, 0.3) is 0 Å². The number of halogens is 1. The van der Waals surface area contributed by atoms with Gasteiger partial charge in [0.1, 0.15) is 11.5 Å². The third-order valence-corrected chi connectivity index (χ3v) is 5.47. The monoisotopic (exact) mass is 457 g/mol. The smallest absolute Gasteiger partial charge is 0.227 e. The molecule has 164 valence electrons. The molecule has 0 bridgehead atoms. The van der Waals surface area contributed by atoms with E-state index in [1.807, 2.05) is 60.7 Å². The summed E-state index contributed by atoms with van der Waals surface area (Å²) in [5.74, 6) is 1.90. The minimum Gasteiger partial charge on any atom is -0.457 e. The second-order valence-corrected chi connectivity index (χ2v) is 7.95. The van der Waals surface area contributed by atoms with Crippen molar-refractivity contribution < 1.29 is 9.53 Å². The zero-order valence-electron chi connectivity index (χ0n) is 17.6. The zero-order chi connectivity index (χ0) is 22.6. The van der Waals surface area contributed by atoms with Gasteiger partial charge in [0.15, 0.2) is 0 Å². The molecule has 2 aromatic carbocycles. The molecule has 1 N–H and O–H groups in total. The normalized spacial score (nSPS) is 13.2. The number of aromatic nitrogens is 3. The Labute approximate surface area is 196 Å². The van der Waals surface area contributed by atoms with E-state index in [2.05, 4.69) is 20.3 Å². The summed E-state index contributed by atoms with van der Waals surface area (Å²) >= 11 is 6.42. The van der Waals surface area contributed by atoms with Gasteiger partial charge < -0.3 is 15.0 Å². The molecule has 1 fully saturated rings. The highest BCUT2D eigenvalue weighted by Gasteiger charge is 2.22. The molecular weight excluding hydrogens is 438 g/mol. The molecule has 2 aromatic heterocycles. The minimum atomic E-state index is 0.108. The predicted molar refractivity (Wildman–Crippen MR) is 128 cm³/mol. The molecule has 7 nitrogen and oxygen atoms in total. The Hall–Kier alpha value is -3.97. The first kappa shape index (κ1) is 20.9. The van der Waals surface area contributed by atoms with Crippen LogP contribution in [0.5, 0.6) is 11.5 Å². The van der Waals surface area contributed by atoms with Crippen molar-refractivity contribution in [2.24, 2.45) is 0 Å². The summed E-state index contributed by atoms with van der Waals surface area (Å²) in [6, 6.07) is 19.0. The van der Waals surface area contributed by atoms with Crippen LogP contribution in [-0.2, 0) is 4.79 Å². The fourth-order valence-electron chi connectivity index (χ4n) is 3.66. The van der Waals surface area contributed by atoms with Crippen LogP contribution in [0.2, 0.25) is 5.02 Å². The van der Waals surface area contributed by atoms with Crippen LogP contribution in [0.15, 0.2) is 79.3 Å². The molecule has 0 atom stereocenters. The van der Waals surface area contributed by atoms with Gasteiger partial charge in [0, 0.05) is 18.5 Å². The standard InChI is InChI=1S/C25H20ClN5O2/c26-22-16-28-25(29-18-13-19(15-27-14-18)31-11-5-10-23(31)32)30-24(22)17-6-4-9-21(12-17)33-20-7-2-1-3-8-20/h1-4,6-9,12-16H,5,10-11H2,(H,28,29,30). The molecule has 33 heavy (non-hydrogen) atoms. The number of benzene rings is 2. The van der Waals surface area contributed by atoms with Crippen LogP contribution in [0.3, 0.4) is 0 Å². The lowest BCUT2D eigenvalue weighted by atomic mass is 10.1. The Balaban J connectivity index is 1.39. The Morgan fingerprint density at radius 1 is 0.970 bits per heavy atom. The van der Waals surface area contributed by atoms with Gasteiger partial charge >= 0.3 is 0 Å². The Bertz CT molecular complexity index is 1300. The van der Waals surface area contributed by atoms with Gasteiger partial charge in [-0.25, -0.2) is 9.97 Å². The number of carbonyl (C=O) groups is 1. The number of nitrogens with one attached hydrogen (secondary N) is 1. The van der Waals surface area contributed by atoms with E-state index in [1.54, 1.807) is 23.5 Å². The van der Waals surface area contributed by atoms with Crippen molar-refractivity contribution in [1.82, 2.24) is 15.0 Å². The van der Waals surface area contributed by atoms with Crippen LogP contribution in [0, 0.1) is 0 Å². The number of hydrogen-bond acceptors (Lipinski definition) is 6. The maximum atomic E-state index is 12.1. The van der Waals surface area contributed by atoms with Gasteiger partial charge in [-0.15, -0.1) is 0 Å². The highest BCUT2D eigenvalue weighted by Crippen LogP contribution is 2.31. The van der Waals surface area contributed by atoms with E-state index in [1.165, 1.54) is 0 Å². The van der Waals surface area contributed by atoms with Gasteiger partial charge in [-0.3, -0.25) is 9.78 Å². The average molecular weight is 458 g/mol. The maximum absolute atomic E-state index is 12.1. The summed E-state index contributed by atoms with van der Waals surface area (Å²) in [6.45, 7) is 0.701. The molecule has 0 aliphatic carbocycles. The van der Waals surface area contributed by atoms with Gasteiger partial charge in [-0.1, -0.05) is 41.9 Å². The number of nitrogens with zero attached hydrogens (tertiary/aromatic N) is 4. The molecule has 0 spiro atoms. The summed E-state index contributed by atoms with van der Waals surface area (Å²) in [5, 5.41) is 3.58. The van der Waals surface area contributed by atoms with Crippen LogP contribution < -0.4 is 15.0 Å². The van der Waals surface area contributed by atoms with Crippen molar-refractivity contribution >= 4 is 34.8 Å². The SMILES string of the molecule is O=C1CCCN1c1cncc(Nc2ncc(Cl)c(-c3cccc(Oc4ccccc4)c3)n2)c1. The molecule has 1 aliphatic rings. The van der Waals surface area contributed by atoms with Gasteiger partial charge in [0.2, 0.25) is 11.9 Å². The number of anilines is 3. The van der Waals surface area contributed by atoms with E-state index >= 15 is 0 Å². The molecule has 3 heterocycles. The zero-order valence-corrected chi connectivity index (χ0v) is 18.4. The topological polar surface area (TPSA) is 80.2 Å². The Kier molecular flexibility index (Phi) is 5.87. The predicted octanol–water partition coefficient (Wildman–Crippen LogP) is 5.85. The van der Waals surface area contributed by atoms with Crippen molar-refractivity contribution in [3.8, 4) is 22.8 Å². The van der Waals surface area contributed by atoms with Crippen molar-refractivity contribution in [3.05, 3.63) is 84.3 Å². The molecule has 5 rings (SSSR count). The van der Waals surface area contributed by atoms with Crippen molar-refractivity contribution in [2.45, 2.75) is 12.8 Å². The number of pyridine rings is 1. The molecule has 4 aromatic rings. The Morgan fingerprint density at radius 2 is 1.82 bits per heavy atom. The summed E-state index contributed by atoms with van der Waals surface area (Å²) in [4.78, 5) is 27.0. The molecule has 0 unspecified atom stereocenters. The molecule has 1 saturated heterocycles. The van der Waals surface area contributed by atoms with E-state index in [4.69, 9.17) is 16.3 Å². The molecular formula is C25H20ClN5O2. The lowest BCUT2D eigenvalue weighted by molar-refractivity contribution is -0.117. The first-order valence-corrected chi connectivity index (χ1v) is 10.9. The van der Waals surface area contributed by atoms with Crippen molar-refractivity contribution in [2.75, 3.05) is 16.8 Å². The van der Waals surface area contributed by atoms with Crippen LogP contribution in [-0.4, -0.2) is 27.4 Å². The first-order valence-electron chi connectivity index (χ1n) is 10.5. The van der Waals surface area contributed by atoms with E-state index in [0.29, 0.717) is 41.1 Å². The number of carbonyl (C=O) groups excluding carboxylic acids is 1. The van der Waals surface area contributed by atoms with Crippen LogP contribution in [0.25, 0.3) is 11.3 Å². The van der Waals surface area contributed by atoms with Crippen molar-refractivity contribution in [3.63, 3.8) is 0 Å². The lowest BCUT2D eigenvalue weighted by Gasteiger charge is -2.16. The number of hydrogen-bond donors (Lipinski definition) is 1. The largest absolute Gasteiger partial charge is 0.457 e. The van der Waals surface area contributed by atoms with E-state index < -0.39 is 0 Å². The second-order valence-electron chi connectivity index (χ2n) is 7.54. The number of amides is 1. The molecule has 1 aliphatic heterocycles. The highest BCUT2D eigenvalue weighted by molar-refractivity contribution is 6.32. The van der Waals surface area contributed by atoms with E-state index in [0.717, 1.165) is 23.4 Å². The lowest BCUT2D eigenvalue weighted by Crippen LogP contribution is -2.23.